The Kier molecular flexibility index (Phi) is 3.76. The van der Waals surface area contributed by atoms with Gasteiger partial charge in [0.2, 0.25) is 0 Å². The maximum absolute atomic E-state index is 6.22. The van der Waals surface area contributed by atoms with Crippen molar-refractivity contribution in [1.82, 2.24) is 9.55 Å². The molecule has 0 aliphatic heterocycles. The van der Waals surface area contributed by atoms with Crippen LogP contribution in [-0.2, 0) is 5.88 Å². The number of rotatable bonds is 2. The Labute approximate surface area is 135 Å². The van der Waals surface area contributed by atoms with Crippen LogP contribution in [0.2, 0.25) is 5.02 Å². The first kappa shape index (κ1) is 13.9. The third-order valence-corrected chi connectivity index (χ3v) is 4.35. The van der Waals surface area contributed by atoms with E-state index in [1.165, 1.54) is 5.56 Å². The number of imidazole rings is 1. The number of hydrogen-bond acceptors (Lipinski definition) is 1. The molecule has 0 aliphatic carbocycles. The fourth-order valence-electron chi connectivity index (χ4n) is 2.26. The van der Waals surface area contributed by atoms with E-state index < -0.39 is 0 Å². The van der Waals surface area contributed by atoms with Crippen molar-refractivity contribution >= 4 is 50.2 Å². The summed E-state index contributed by atoms with van der Waals surface area (Å²) in [4.78, 5) is 4.55. The van der Waals surface area contributed by atoms with Gasteiger partial charge < -0.3 is 0 Å². The lowest BCUT2D eigenvalue weighted by Gasteiger charge is -2.10. The highest BCUT2D eigenvalue weighted by atomic mass is 79.9. The van der Waals surface area contributed by atoms with E-state index in [-0.39, 0.29) is 0 Å². The lowest BCUT2D eigenvalue weighted by molar-refractivity contribution is 0.976. The van der Waals surface area contributed by atoms with Crippen molar-refractivity contribution in [3.63, 3.8) is 0 Å². The second-order valence-electron chi connectivity index (χ2n) is 4.56. The van der Waals surface area contributed by atoms with Crippen LogP contribution in [0, 0.1) is 6.92 Å². The minimum Gasteiger partial charge on any atom is -0.294 e. The Morgan fingerprint density at radius 3 is 2.75 bits per heavy atom. The second-order valence-corrected chi connectivity index (χ2v) is 6.09. The van der Waals surface area contributed by atoms with Gasteiger partial charge in [-0.3, -0.25) is 4.57 Å². The van der Waals surface area contributed by atoms with Gasteiger partial charge in [-0.25, -0.2) is 4.98 Å². The molecule has 102 valence electrons. The Morgan fingerprint density at radius 2 is 2.05 bits per heavy atom. The molecule has 0 atom stereocenters. The number of alkyl halides is 1. The van der Waals surface area contributed by atoms with Crippen molar-refractivity contribution in [2.45, 2.75) is 12.8 Å². The summed E-state index contributed by atoms with van der Waals surface area (Å²) in [7, 11) is 0. The SMILES string of the molecule is Cc1ccc(-n2c(CCl)nc3c(Cl)cccc32)c(Br)c1. The van der Waals surface area contributed by atoms with Crippen LogP contribution < -0.4 is 0 Å². The van der Waals surface area contributed by atoms with Gasteiger partial charge in [0.05, 0.1) is 22.1 Å². The van der Waals surface area contributed by atoms with Crippen molar-refractivity contribution in [2.75, 3.05) is 0 Å². The maximum atomic E-state index is 6.22. The van der Waals surface area contributed by atoms with Gasteiger partial charge in [-0.1, -0.05) is 23.7 Å². The van der Waals surface area contributed by atoms with Gasteiger partial charge in [0.1, 0.15) is 11.3 Å². The van der Waals surface area contributed by atoms with E-state index in [2.05, 4.69) is 46.0 Å². The van der Waals surface area contributed by atoms with Crippen molar-refractivity contribution in [3.8, 4) is 5.69 Å². The lowest BCUT2D eigenvalue weighted by atomic mass is 10.2. The molecule has 0 fully saturated rings. The molecule has 1 aromatic heterocycles. The predicted octanol–water partition coefficient (Wildman–Crippen LogP) is 5.49. The topological polar surface area (TPSA) is 17.8 Å². The number of aryl methyl sites for hydroxylation is 1. The van der Waals surface area contributed by atoms with Crippen molar-refractivity contribution in [2.24, 2.45) is 0 Å². The van der Waals surface area contributed by atoms with Crippen LogP contribution in [-0.4, -0.2) is 9.55 Å². The van der Waals surface area contributed by atoms with E-state index >= 15 is 0 Å². The zero-order chi connectivity index (χ0) is 14.3. The summed E-state index contributed by atoms with van der Waals surface area (Å²) in [6.45, 7) is 2.06. The van der Waals surface area contributed by atoms with Crippen LogP contribution in [0.15, 0.2) is 40.9 Å². The zero-order valence-corrected chi connectivity index (χ0v) is 13.8. The van der Waals surface area contributed by atoms with Gasteiger partial charge in [0.15, 0.2) is 0 Å². The second kappa shape index (κ2) is 5.40. The molecular formula is C15H11BrCl2N2. The highest BCUT2D eigenvalue weighted by Gasteiger charge is 2.15. The van der Waals surface area contributed by atoms with E-state index in [1.807, 2.05) is 22.8 Å². The summed E-state index contributed by atoms with van der Waals surface area (Å²) >= 11 is 15.9. The number of benzene rings is 2. The van der Waals surface area contributed by atoms with E-state index in [1.54, 1.807) is 0 Å². The molecule has 0 aliphatic rings. The smallest absolute Gasteiger partial charge is 0.129 e. The van der Waals surface area contributed by atoms with E-state index in [9.17, 15) is 0 Å². The largest absolute Gasteiger partial charge is 0.294 e. The van der Waals surface area contributed by atoms with Gasteiger partial charge >= 0.3 is 0 Å². The van der Waals surface area contributed by atoms with Gasteiger partial charge in [0, 0.05) is 4.47 Å². The quantitative estimate of drug-likeness (QED) is 0.546. The number of para-hydroxylation sites is 1. The molecule has 20 heavy (non-hydrogen) atoms. The van der Waals surface area contributed by atoms with Gasteiger partial charge in [0.25, 0.3) is 0 Å². The van der Waals surface area contributed by atoms with Crippen molar-refractivity contribution in [1.29, 1.82) is 0 Å². The summed E-state index contributed by atoms with van der Waals surface area (Å²) in [5, 5.41) is 0.635. The average Bonchev–Trinajstić information content (AvgIpc) is 2.79. The van der Waals surface area contributed by atoms with Gasteiger partial charge in [-0.15, -0.1) is 11.6 Å². The molecule has 3 rings (SSSR count). The van der Waals surface area contributed by atoms with Crippen LogP contribution in [0.25, 0.3) is 16.7 Å². The highest BCUT2D eigenvalue weighted by Crippen LogP contribution is 2.31. The molecule has 5 heteroatoms. The fraction of sp³-hybridized carbons (Fsp3) is 0.133. The molecular weight excluding hydrogens is 359 g/mol. The predicted molar refractivity (Wildman–Crippen MR) is 88.1 cm³/mol. The maximum Gasteiger partial charge on any atom is 0.129 e. The minimum atomic E-state index is 0.325. The summed E-state index contributed by atoms with van der Waals surface area (Å²) in [6.07, 6.45) is 0. The standard InChI is InChI=1S/C15H11BrCl2N2/c1-9-5-6-12(10(16)7-9)20-13-4-2-3-11(18)15(13)19-14(20)8-17/h2-7H,8H2,1H3. The highest BCUT2D eigenvalue weighted by molar-refractivity contribution is 9.10. The summed E-state index contributed by atoms with van der Waals surface area (Å²) < 4.78 is 3.04. The molecule has 0 spiro atoms. The molecule has 0 saturated carbocycles. The number of aromatic nitrogens is 2. The zero-order valence-electron chi connectivity index (χ0n) is 10.7. The van der Waals surface area contributed by atoms with Crippen LogP contribution in [0.4, 0.5) is 0 Å². The number of hydrogen-bond donors (Lipinski definition) is 0. The van der Waals surface area contributed by atoms with E-state index in [4.69, 9.17) is 23.2 Å². The van der Waals surface area contributed by atoms with Gasteiger partial charge in [-0.2, -0.15) is 0 Å². The monoisotopic (exact) mass is 368 g/mol. The first-order chi connectivity index (χ1) is 9.61. The molecule has 0 saturated heterocycles. The fourth-order valence-corrected chi connectivity index (χ4v) is 3.33. The van der Waals surface area contributed by atoms with Crippen LogP contribution in [0.1, 0.15) is 11.4 Å². The summed E-state index contributed by atoms with van der Waals surface area (Å²) in [5.41, 5.74) is 3.93. The van der Waals surface area contributed by atoms with E-state index in [0.29, 0.717) is 10.9 Å². The third-order valence-electron chi connectivity index (χ3n) is 3.17. The number of halogens is 3. The van der Waals surface area contributed by atoms with Gasteiger partial charge in [-0.05, 0) is 52.7 Å². The Hall–Kier alpha value is -1.03. The summed E-state index contributed by atoms with van der Waals surface area (Å²) in [6, 6.07) is 11.9. The average molecular weight is 370 g/mol. The Morgan fingerprint density at radius 1 is 1.25 bits per heavy atom. The van der Waals surface area contributed by atoms with Crippen LogP contribution in [0.5, 0.6) is 0 Å². The molecule has 0 bridgehead atoms. The number of fused-ring (bicyclic) bond motifs is 1. The van der Waals surface area contributed by atoms with Crippen molar-refractivity contribution < 1.29 is 0 Å². The molecule has 0 radical (unpaired) electrons. The third kappa shape index (κ3) is 2.24. The molecule has 1 heterocycles. The Balaban J connectivity index is 2.37. The van der Waals surface area contributed by atoms with Crippen molar-refractivity contribution in [3.05, 3.63) is 57.3 Å². The van der Waals surface area contributed by atoms with Crippen LogP contribution in [0.3, 0.4) is 0 Å². The molecule has 2 aromatic carbocycles. The molecule has 0 amide bonds. The molecule has 3 aromatic rings. The number of nitrogens with zero attached hydrogens (tertiary/aromatic N) is 2. The molecule has 2 nitrogen and oxygen atoms in total. The Bertz CT molecular complexity index is 796. The normalized spacial score (nSPS) is 11.2. The first-order valence-electron chi connectivity index (χ1n) is 6.10. The van der Waals surface area contributed by atoms with E-state index in [0.717, 1.165) is 27.0 Å². The minimum absolute atomic E-state index is 0.325. The first-order valence-corrected chi connectivity index (χ1v) is 7.80. The summed E-state index contributed by atoms with van der Waals surface area (Å²) in [5.74, 6) is 1.10. The molecule has 0 N–H and O–H groups in total. The van der Waals surface area contributed by atoms with Crippen LogP contribution >= 0.6 is 39.1 Å². The molecule has 0 unspecified atom stereocenters. The lowest BCUT2D eigenvalue weighted by Crippen LogP contribution is -2.00.